The monoisotopic (exact) mass is 1070 g/mol. The van der Waals surface area contributed by atoms with Crippen LogP contribution in [0.2, 0.25) is 0 Å². The molecule has 0 bridgehead atoms. The number of carboxylic acids is 1. The van der Waals surface area contributed by atoms with E-state index in [0.29, 0.717) is 57.2 Å². The molecule has 29 heteroatoms. The van der Waals surface area contributed by atoms with Crippen molar-refractivity contribution >= 4 is 35.9 Å². The van der Waals surface area contributed by atoms with Gasteiger partial charge in [-0.3, -0.25) is 24.1 Å². The number of carbonyl (C=O) groups excluding carboxylic acids is 6. The maximum absolute atomic E-state index is 13.5. The molecule has 11 N–H and O–H groups in total. The number of rotatable bonds is 32. The fourth-order valence-electron chi connectivity index (χ4n) is 6.76. The Hall–Kier alpha value is -5.83. The SMILES string of the molecule is CC(=O)OCc1ccc(O[C@@H]2O[C@H](C(=O)O)[C@@H](O)[C@H](O)[C@H]2O)c(C(=O)NCCOCCN(CCOCCNC(=O)c2cc(COC(C)=O)ccc2O[C@@H]2OC[C@@H](O)[C@H](O)[C@H]2O)CCOCCOCCON)c1.O=C=O. The maximum atomic E-state index is 13.5. The van der Waals surface area contributed by atoms with Gasteiger partial charge < -0.3 is 98.6 Å². The predicted octanol–water partition coefficient (Wildman–Crippen LogP) is -4.26. The Balaban J connectivity index is 0.00000482. The molecule has 0 spiro atoms. The number of hydrogen-bond donors (Lipinski definition) is 10. The van der Waals surface area contributed by atoms with Crippen molar-refractivity contribution in [2.24, 2.45) is 5.90 Å². The zero-order chi connectivity index (χ0) is 55.3. The quantitative estimate of drug-likeness (QED) is 0.0188. The van der Waals surface area contributed by atoms with Gasteiger partial charge in [-0.05, 0) is 35.4 Å². The van der Waals surface area contributed by atoms with Gasteiger partial charge in [0.1, 0.15) is 61.3 Å². The second-order valence-corrected chi connectivity index (χ2v) is 16.2. The minimum atomic E-state index is -1.96. The summed E-state index contributed by atoms with van der Waals surface area (Å²) in [7, 11) is 0. The molecule has 2 aromatic rings. The molecular weight excluding hydrogens is 1010 g/mol. The van der Waals surface area contributed by atoms with E-state index >= 15 is 0 Å². The van der Waals surface area contributed by atoms with Gasteiger partial charge in [0.2, 0.25) is 12.6 Å². The summed E-state index contributed by atoms with van der Waals surface area (Å²) in [5, 5.41) is 76.0. The second-order valence-electron chi connectivity index (χ2n) is 16.2. The lowest BCUT2D eigenvalue weighted by molar-refractivity contribution is -0.271. The zero-order valence-corrected chi connectivity index (χ0v) is 41.2. The number of carboxylic acid groups (broad SMARTS) is 1. The van der Waals surface area contributed by atoms with E-state index in [-0.39, 0.29) is 94.7 Å². The van der Waals surface area contributed by atoms with E-state index in [2.05, 4.69) is 15.5 Å². The molecule has 0 aliphatic carbocycles. The van der Waals surface area contributed by atoms with E-state index in [1.165, 1.54) is 44.2 Å². The molecule has 2 aliphatic rings. The molecule has 2 saturated heterocycles. The Bertz CT molecular complexity index is 2110. The molecule has 2 heterocycles. The number of amides is 2. The van der Waals surface area contributed by atoms with Crippen LogP contribution in [-0.4, -0.2) is 231 Å². The first-order chi connectivity index (χ1) is 35.9. The van der Waals surface area contributed by atoms with Crippen LogP contribution in [0.5, 0.6) is 11.5 Å². The number of benzene rings is 2. The fourth-order valence-corrected chi connectivity index (χ4v) is 6.76. The van der Waals surface area contributed by atoms with Gasteiger partial charge in [0.05, 0.1) is 77.2 Å². The number of hydrogen-bond acceptors (Lipinski definition) is 26. The van der Waals surface area contributed by atoms with E-state index in [1.54, 1.807) is 6.07 Å². The number of nitrogens with one attached hydrogen (secondary N) is 2. The third-order valence-corrected chi connectivity index (χ3v) is 10.7. The molecular formula is C46H66N4O25. The lowest BCUT2D eigenvalue weighted by Gasteiger charge is -2.38. The molecule has 2 aliphatic heterocycles. The number of aliphatic hydroxyl groups excluding tert-OH is 6. The molecule has 0 radical (unpaired) electrons. The molecule has 2 fully saturated rings. The van der Waals surface area contributed by atoms with Crippen molar-refractivity contribution in [1.82, 2.24) is 15.5 Å². The number of nitrogens with two attached hydrogens (primary N) is 1. The molecule has 75 heavy (non-hydrogen) atoms. The topological polar surface area (TPSA) is 416 Å². The minimum absolute atomic E-state index is 0.00180. The average Bonchev–Trinajstić information content (AvgIpc) is 3.38. The van der Waals surface area contributed by atoms with Crippen LogP contribution >= 0.6 is 0 Å². The van der Waals surface area contributed by atoms with Crippen molar-refractivity contribution in [2.75, 3.05) is 98.8 Å². The molecule has 4 rings (SSSR count). The Morgan fingerprint density at radius 3 is 1.53 bits per heavy atom. The minimum Gasteiger partial charge on any atom is -0.479 e. The normalized spacial score (nSPS) is 22.2. The van der Waals surface area contributed by atoms with E-state index < -0.39 is 85.0 Å². The van der Waals surface area contributed by atoms with Crippen LogP contribution in [-0.2, 0) is 79.9 Å². The van der Waals surface area contributed by atoms with Crippen LogP contribution in [0.1, 0.15) is 45.7 Å². The van der Waals surface area contributed by atoms with Crippen LogP contribution in [0, 0.1) is 0 Å². The first-order valence-corrected chi connectivity index (χ1v) is 23.3. The molecule has 0 unspecified atom stereocenters. The smallest absolute Gasteiger partial charge is 0.373 e. The summed E-state index contributed by atoms with van der Waals surface area (Å²) in [5.41, 5.74) is 0.733. The summed E-state index contributed by atoms with van der Waals surface area (Å²) in [4.78, 5) is 84.1. The fraction of sp³-hybridized carbons (Fsp3) is 0.609. The molecule has 0 saturated carbocycles. The zero-order valence-electron chi connectivity index (χ0n) is 41.2. The summed E-state index contributed by atoms with van der Waals surface area (Å²) in [6.07, 6.45) is -15.2. The molecule has 2 aromatic carbocycles. The van der Waals surface area contributed by atoms with E-state index in [4.69, 9.17) is 62.9 Å². The van der Waals surface area contributed by atoms with Gasteiger partial charge >= 0.3 is 24.1 Å². The summed E-state index contributed by atoms with van der Waals surface area (Å²) < 4.78 is 54.8. The third-order valence-electron chi connectivity index (χ3n) is 10.7. The van der Waals surface area contributed by atoms with Gasteiger partial charge in [-0.1, -0.05) is 12.1 Å². The largest absolute Gasteiger partial charge is 0.479 e. The van der Waals surface area contributed by atoms with Gasteiger partial charge in [-0.25, -0.2) is 10.7 Å². The maximum Gasteiger partial charge on any atom is 0.373 e. The van der Waals surface area contributed by atoms with Crippen LogP contribution in [0.3, 0.4) is 0 Å². The van der Waals surface area contributed by atoms with Gasteiger partial charge in [0.15, 0.2) is 6.10 Å². The van der Waals surface area contributed by atoms with Crippen molar-refractivity contribution in [1.29, 1.82) is 0 Å². The molecule has 29 nitrogen and oxygen atoms in total. The van der Waals surface area contributed by atoms with Crippen molar-refractivity contribution in [3.8, 4) is 11.5 Å². The lowest BCUT2D eigenvalue weighted by Crippen LogP contribution is -2.61. The van der Waals surface area contributed by atoms with Crippen molar-refractivity contribution < 1.29 is 122 Å². The molecule has 2 amide bonds. The Kier molecular flexibility index (Phi) is 29.3. The summed E-state index contributed by atoms with van der Waals surface area (Å²) in [6.45, 7) is 5.20. The van der Waals surface area contributed by atoms with Gasteiger partial charge in [-0.2, -0.15) is 9.59 Å². The Morgan fingerprint density at radius 2 is 1.07 bits per heavy atom. The van der Waals surface area contributed by atoms with Crippen LogP contribution in [0.15, 0.2) is 36.4 Å². The predicted molar refractivity (Wildman–Crippen MR) is 247 cm³/mol. The van der Waals surface area contributed by atoms with Crippen LogP contribution in [0.4, 0.5) is 0 Å². The first-order valence-electron chi connectivity index (χ1n) is 23.3. The average molecular weight is 1080 g/mol. The summed E-state index contributed by atoms with van der Waals surface area (Å²) in [5.74, 6) is 0.790. The highest BCUT2D eigenvalue weighted by atomic mass is 16.7. The Morgan fingerprint density at radius 1 is 0.627 bits per heavy atom. The van der Waals surface area contributed by atoms with Crippen molar-refractivity contribution in [3.05, 3.63) is 58.7 Å². The van der Waals surface area contributed by atoms with Crippen LogP contribution < -0.4 is 26.0 Å². The highest BCUT2D eigenvalue weighted by molar-refractivity contribution is 5.97. The molecule has 9 atom stereocenters. The molecule has 0 aromatic heterocycles. The summed E-state index contributed by atoms with van der Waals surface area (Å²) >= 11 is 0. The number of nitrogens with zero attached hydrogens (tertiary/aromatic N) is 1. The van der Waals surface area contributed by atoms with E-state index in [9.17, 15) is 59.7 Å². The van der Waals surface area contributed by atoms with Crippen LogP contribution in [0.25, 0.3) is 0 Å². The number of esters is 2. The van der Waals surface area contributed by atoms with Crippen molar-refractivity contribution in [2.45, 2.75) is 82.4 Å². The highest BCUT2D eigenvalue weighted by Gasteiger charge is 2.48. The first kappa shape index (κ1) is 63.5. The summed E-state index contributed by atoms with van der Waals surface area (Å²) in [6, 6.07) is 8.51. The standard InChI is InChI=1S/C45H66N4O23.CO2/c1-26(50)66-23-28-3-5-33(70-44-38(56)35(53)32(52)25-68-44)30(21-28)41(58)47-7-12-62-14-9-49(11-16-64-17-18-65-19-20-69-46)10-15-63-13-8-48-42(59)31-22-29(24-67-27(2)51)4-6-34(31)71-45-39(57)36(54)37(55)40(72-45)43(60)61;2-1-3/h3-6,21-22,32,35-40,44-45,52-57H,7-20,23-25,46H2,1-2H3,(H,47,58)(H,48,59)(H,60,61);/t32-,35+,36+,37+,38-,39-,40+,44+,45-;/m1./s1. The third kappa shape index (κ3) is 22.5. The van der Waals surface area contributed by atoms with Gasteiger partial charge in [-0.15, -0.1) is 0 Å². The highest BCUT2D eigenvalue weighted by Crippen LogP contribution is 2.29. The van der Waals surface area contributed by atoms with E-state index in [0.717, 1.165) is 0 Å². The molecule has 420 valence electrons. The van der Waals surface area contributed by atoms with Crippen molar-refractivity contribution in [3.63, 3.8) is 0 Å². The Labute approximate surface area is 429 Å². The lowest BCUT2D eigenvalue weighted by atomic mass is 9.99. The van der Waals surface area contributed by atoms with Gasteiger partial charge in [0, 0.05) is 46.6 Å². The number of ether oxygens (including phenoxy) is 10. The van der Waals surface area contributed by atoms with Gasteiger partial charge in [0.25, 0.3) is 11.8 Å². The number of carbonyl (C=O) groups is 5. The number of aliphatic hydroxyl groups is 6. The second kappa shape index (κ2) is 34.7. The number of aliphatic carboxylic acids is 1. The van der Waals surface area contributed by atoms with E-state index in [1.807, 2.05) is 4.90 Å².